The first-order chi connectivity index (χ1) is 9.70. The minimum Gasteiger partial charge on any atom is -0.353 e. The number of hydrogen-bond donors (Lipinski definition) is 1. The second-order valence-electron chi connectivity index (χ2n) is 4.58. The van der Waals surface area contributed by atoms with Gasteiger partial charge in [-0.2, -0.15) is 0 Å². The Hall–Kier alpha value is -2.49. The van der Waals surface area contributed by atoms with Crippen molar-refractivity contribution < 1.29 is 4.79 Å². The lowest BCUT2D eigenvalue weighted by Crippen LogP contribution is -2.35. The number of para-hydroxylation sites is 1. The Morgan fingerprint density at radius 1 is 1.30 bits per heavy atom. The summed E-state index contributed by atoms with van der Waals surface area (Å²) in [6.45, 7) is 4.77. The number of hydrogen-bond acceptors (Lipinski definition) is 1. The van der Waals surface area contributed by atoms with Gasteiger partial charge in [0, 0.05) is 31.2 Å². The normalized spacial score (nSPS) is 10.1. The molecule has 0 aliphatic carbocycles. The molecule has 0 saturated carbocycles. The molecule has 2 aromatic rings. The predicted octanol–water partition coefficient (Wildman–Crippen LogP) is 3.25. The average molecular weight is 269 g/mol. The van der Waals surface area contributed by atoms with E-state index < -0.39 is 0 Å². The van der Waals surface area contributed by atoms with Gasteiger partial charge in [-0.1, -0.05) is 24.3 Å². The molecular weight excluding hydrogens is 250 g/mol. The Labute approximate surface area is 119 Å². The Balaban J connectivity index is 2.06. The van der Waals surface area contributed by atoms with Crippen molar-refractivity contribution in [3.63, 3.8) is 0 Å². The summed E-state index contributed by atoms with van der Waals surface area (Å²) in [6.07, 6.45) is 3.70. The lowest BCUT2D eigenvalue weighted by atomic mass is 10.3. The number of nitrogens with one attached hydrogen (secondary N) is 1. The first-order valence-corrected chi connectivity index (χ1v) is 6.53. The molecule has 0 aliphatic heterocycles. The highest BCUT2D eigenvalue weighted by Crippen LogP contribution is 2.10. The Bertz CT molecular complexity index is 574. The Morgan fingerprint density at radius 3 is 2.65 bits per heavy atom. The number of carbonyl (C=O) groups excluding carboxylic acids is 1. The number of urea groups is 1. The predicted molar refractivity (Wildman–Crippen MR) is 81.5 cm³/mol. The van der Waals surface area contributed by atoms with Crippen LogP contribution in [0.3, 0.4) is 0 Å². The van der Waals surface area contributed by atoms with Crippen molar-refractivity contribution >= 4 is 11.7 Å². The summed E-state index contributed by atoms with van der Waals surface area (Å²) in [5.41, 5.74) is 1.87. The largest absolute Gasteiger partial charge is 0.353 e. The molecule has 0 fully saturated rings. The lowest BCUT2D eigenvalue weighted by molar-refractivity contribution is 0.214. The van der Waals surface area contributed by atoms with Gasteiger partial charge in [-0.15, -0.1) is 6.58 Å². The van der Waals surface area contributed by atoms with Crippen LogP contribution < -0.4 is 5.32 Å². The van der Waals surface area contributed by atoms with Crippen molar-refractivity contribution in [3.8, 4) is 0 Å². The number of benzene rings is 1. The number of aryl methyl sites for hydroxylation is 1. The van der Waals surface area contributed by atoms with E-state index >= 15 is 0 Å². The van der Waals surface area contributed by atoms with E-state index in [-0.39, 0.29) is 6.03 Å². The van der Waals surface area contributed by atoms with E-state index in [4.69, 9.17) is 0 Å². The fourth-order valence-electron chi connectivity index (χ4n) is 1.96. The molecule has 1 N–H and O–H groups in total. The number of aromatic nitrogens is 1. The van der Waals surface area contributed by atoms with Crippen LogP contribution in [0.4, 0.5) is 10.5 Å². The van der Waals surface area contributed by atoms with Crippen LogP contribution >= 0.6 is 0 Å². The smallest absolute Gasteiger partial charge is 0.322 e. The van der Waals surface area contributed by atoms with Crippen LogP contribution in [0.25, 0.3) is 0 Å². The number of amides is 2. The molecule has 0 bridgehead atoms. The molecule has 1 aromatic heterocycles. The minimum atomic E-state index is -0.127. The topological polar surface area (TPSA) is 37.3 Å². The molecule has 1 heterocycles. The van der Waals surface area contributed by atoms with Crippen LogP contribution in [0.2, 0.25) is 0 Å². The van der Waals surface area contributed by atoms with E-state index in [1.54, 1.807) is 11.0 Å². The second kappa shape index (κ2) is 6.61. The molecule has 0 atom stereocenters. The molecule has 4 heteroatoms. The van der Waals surface area contributed by atoms with E-state index in [9.17, 15) is 4.79 Å². The van der Waals surface area contributed by atoms with Crippen molar-refractivity contribution in [3.05, 3.63) is 67.0 Å². The zero-order valence-corrected chi connectivity index (χ0v) is 11.6. The van der Waals surface area contributed by atoms with Gasteiger partial charge in [-0.25, -0.2) is 4.79 Å². The monoisotopic (exact) mass is 269 g/mol. The van der Waals surface area contributed by atoms with Crippen molar-refractivity contribution in [2.24, 2.45) is 7.05 Å². The van der Waals surface area contributed by atoms with Gasteiger partial charge in [-0.3, -0.25) is 0 Å². The molecule has 0 radical (unpaired) electrons. The SMILES string of the molecule is C=CCN(Cc1cccn1C)C(=O)Nc1ccccc1. The number of carbonyl (C=O) groups is 1. The van der Waals surface area contributed by atoms with Crippen LogP contribution in [0.1, 0.15) is 5.69 Å². The van der Waals surface area contributed by atoms with Crippen LogP contribution in [0, 0.1) is 0 Å². The van der Waals surface area contributed by atoms with Gasteiger partial charge in [0.1, 0.15) is 0 Å². The molecular formula is C16H19N3O. The quantitative estimate of drug-likeness (QED) is 0.831. The number of nitrogens with zero attached hydrogens (tertiary/aromatic N) is 2. The van der Waals surface area contributed by atoms with Crippen molar-refractivity contribution in [2.45, 2.75) is 6.54 Å². The van der Waals surface area contributed by atoms with Crippen molar-refractivity contribution in [1.29, 1.82) is 0 Å². The molecule has 0 unspecified atom stereocenters. The third kappa shape index (κ3) is 3.51. The standard InChI is InChI=1S/C16H19N3O/c1-3-11-19(13-15-10-7-12-18(15)2)16(20)17-14-8-5-4-6-9-14/h3-10,12H,1,11,13H2,2H3,(H,17,20). The third-order valence-electron chi connectivity index (χ3n) is 3.07. The van der Waals surface area contributed by atoms with E-state index in [2.05, 4.69) is 11.9 Å². The van der Waals surface area contributed by atoms with Gasteiger partial charge in [0.15, 0.2) is 0 Å². The maximum absolute atomic E-state index is 12.3. The zero-order chi connectivity index (χ0) is 14.4. The first kappa shape index (κ1) is 13.9. The summed E-state index contributed by atoms with van der Waals surface area (Å²) in [5.74, 6) is 0. The van der Waals surface area contributed by atoms with Gasteiger partial charge in [0.2, 0.25) is 0 Å². The van der Waals surface area contributed by atoms with E-state index in [0.717, 1.165) is 11.4 Å². The van der Waals surface area contributed by atoms with Crippen LogP contribution in [0.5, 0.6) is 0 Å². The molecule has 0 aliphatic rings. The minimum absolute atomic E-state index is 0.127. The van der Waals surface area contributed by atoms with Gasteiger partial charge in [0.05, 0.1) is 6.54 Å². The molecule has 4 nitrogen and oxygen atoms in total. The summed E-state index contributed by atoms with van der Waals surface area (Å²) in [5, 5.41) is 2.89. The summed E-state index contributed by atoms with van der Waals surface area (Å²) >= 11 is 0. The second-order valence-corrected chi connectivity index (χ2v) is 4.58. The lowest BCUT2D eigenvalue weighted by Gasteiger charge is -2.22. The summed E-state index contributed by atoms with van der Waals surface area (Å²) < 4.78 is 2.01. The third-order valence-corrected chi connectivity index (χ3v) is 3.07. The van der Waals surface area contributed by atoms with Crippen molar-refractivity contribution in [1.82, 2.24) is 9.47 Å². The van der Waals surface area contributed by atoms with E-state index in [1.807, 2.05) is 60.3 Å². The maximum Gasteiger partial charge on any atom is 0.322 e. The van der Waals surface area contributed by atoms with Crippen LogP contribution in [-0.4, -0.2) is 22.0 Å². The fraction of sp³-hybridized carbons (Fsp3) is 0.188. The zero-order valence-electron chi connectivity index (χ0n) is 11.6. The molecule has 2 amide bonds. The van der Waals surface area contributed by atoms with E-state index in [1.165, 1.54) is 0 Å². The summed E-state index contributed by atoms with van der Waals surface area (Å²) in [7, 11) is 1.97. The van der Waals surface area contributed by atoms with Crippen molar-refractivity contribution in [2.75, 3.05) is 11.9 Å². The highest BCUT2D eigenvalue weighted by atomic mass is 16.2. The molecule has 20 heavy (non-hydrogen) atoms. The van der Waals surface area contributed by atoms with Gasteiger partial charge < -0.3 is 14.8 Å². The molecule has 1 aromatic carbocycles. The summed E-state index contributed by atoms with van der Waals surface area (Å²) in [6, 6.07) is 13.3. The van der Waals surface area contributed by atoms with Gasteiger partial charge >= 0.3 is 6.03 Å². The Morgan fingerprint density at radius 2 is 2.05 bits per heavy atom. The molecule has 2 rings (SSSR count). The maximum atomic E-state index is 12.3. The van der Waals surface area contributed by atoms with Crippen LogP contribution in [-0.2, 0) is 13.6 Å². The molecule has 0 spiro atoms. The highest BCUT2D eigenvalue weighted by Gasteiger charge is 2.13. The van der Waals surface area contributed by atoms with E-state index in [0.29, 0.717) is 13.1 Å². The van der Waals surface area contributed by atoms with Crippen LogP contribution in [0.15, 0.2) is 61.3 Å². The Kier molecular flexibility index (Phi) is 4.60. The summed E-state index contributed by atoms with van der Waals surface area (Å²) in [4.78, 5) is 14.0. The average Bonchev–Trinajstić information content (AvgIpc) is 2.85. The first-order valence-electron chi connectivity index (χ1n) is 6.53. The van der Waals surface area contributed by atoms with Gasteiger partial charge in [0.25, 0.3) is 0 Å². The molecule has 104 valence electrons. The number of anilines is 1. The molecule has 0 saturated heterocycles. The number of rotatable bonds is 5. The fourth-order valence-corrected chi connectivity index (χ4v) is 1.96. The highest BCUT2D eigenvalue weighted by molar-refractivity contribution is 5.89. The van der Waals surface area contributed by atoms with Gasteiger partial charge in [-0.05, 0) is 24.3 Å².